The summed E-state index contributed by atoms with van der Waals surface area (Å²) in [5.41, 5.74) is 3.28. The molecule has 0 aromatic heterocycles. The second kappa shape index (κ2) is 10.0. The molecule has 0 fully saturated rings. The average molecular weight is 341 g/mol. The highest BCUT2D eigenvalue weighted by atomic mass is 32.2. The molecule has 0 bridgehead atoms. The van der Waals surface area contributed by atoms with E-state index >= 15 is 0 Å². The third-order valence-electron chi connectivity index (χ3n) is 2.30. The topological polar surface area (TPSA) is 63.2 Å². The van der Waals surface area contributed by atoms with Crippen molar-refractivity contribution < 1.29 is 14.4 Å². The predicted molar refractivity (Wildman–Crippen MR) is 92.2 cm³/mol. The molecule has 1 amide bonds. The summed E-state index contributed by atoms with van der Waals surface area (Å²) in [5, 5.41) is 0.537. The highest BCUT2D eigenvalue weighted by Crippen LogP contribution is 2.14. The molecule has 0 spiro atoms. The van der Waals surface area contributed by atoms with E-state index in [1.54, 1.807) is 7.05 Å². The van der Waals surface area contributed by atoms with Crippen LogP contribution in [0.3, 0.4) is 0 Å². The summed E-state index contributed by atoms with van der Waals surface area (Å²) in [7, 11) is 1.55. The SMILES string of the molecule is C=C(NOC(=O)N(C)SN=C(OCC)c1ccccc1)SC. The van der Waals surface area contributed by atoms with Crippen molar-refractivity contribution in [3.05, 3.63) is 47.5 Å². The van der Waals surface area contributed by atoms with E-state index in [4.69, 9.17) is 9.57 Å². The lowest BCUT2D eigenvalue weighted by Crippen LogP contribution is -2.26. The lowest BCUT2D eigenvalue weighted by Gasteiger charge is -2.14. The largest absolute Gasteiger partial charge is 0.477 e. The van der Waals surface area contributed by atoms with Crippen LogP contribution in [0.15, 0.2) is 46.3 Å². The van der Waals surface area contributed by atoms with Crippen LogP contribution in [0.5, 0.6) is 0 Å². The van der Waals surface area contributed by atoms with Gasteiger partial charge in [-0.25, -0.2) is 14.6 Å². The second-order valence-electron chi connectivity index (χ2n) is 3.87. The molecule has 1 N–H and O–H groups in total. The quantitative estimate of drug-likeness (QED) is 0.355. The number of rotatable bonds is 7. The Morgan fingerprint density at radius 1 is 1.41 bits per heavy atom. The van der Waals surface area contributed by atoms with Gasteiger partial charge in [-0.15, -0.1) is 11.8 Å². The van der Waals surface area contributed by atoms with Crippen LogP contribution < -0.4 is 5.48 Å². The molecule has 0 saturated carbocycles. The summed E-state index contributed by atoms with van der Waals surface area (Å²) in [5.74, 6) is 0.453. The molecular weight excluding hydrogens is 322 g/mol. The molecule has 1 rings (SSSR count). The molecule has 0 aliphatic heterocycles. The Kier molecular flexibility index (Phi) is 8.31. The van der Waals surface area contributed by atoms with Crippen LogP contribution >= 0.6 is 23.9 Å². The molecule has 8 heteroatoms. The fourth-order valence-electron chi connectivity index (χ4n) is 1.22. The zero-order valence-electron chi connectivity index (χ0n) is 12.7. The fraction of sp³-hybridized carbons (Fsp3) is 0.286. The number of benzene rings is 1. The van der Waals surface area contributed by atoms with Crippen LogP contribution in [0.4, 0.5) is 4.79 Å². The summed E-state index contributed by atoms with van der Waals surface area (Å²) in [6.07, 6.45) is 1.23. The Balaban J connectivity index is 2.62. The lowest BCUT2D eigenvalue weighted by atomic mass is 10.2. The maximum absolute atomic E-state index is 11.7. The second-order valence-corrected chi connectivity index (χ2v) is 5.67. The molecule has 1 aromatic carbocycles. The number of nitrogens with zero attached hydrogens (tertiary/aromatic N) is 2. The Morgan fingerprint density at radius 3 is 2.68 bits per heavy atom. The van der Waals surface area contributed by atoms with E-state index in [0.717, 1.165) is 17.7 Å². The van der Waals surface area contributed by atoms with Crippen LogP contribution in [0, 0.1) is 0 Å². The first-order valence-electron chi connectivity index (χ1n) is 6.45. The fourth-order valence-corrected chi connectivity index (χ4v) is 1.80. The first-order valence-corrected chi connectivity index (χ1v) is 8.40. The Morgan fingerprint density at radius 2 is 2.09 bits per heavy atom. The van der Waals surface area contributed by atoms with Crippen LogP contribution in [0.25, 0.3) is 0 Å². The van der Waals surface area contributed by atoms with Gasteiger partial charge in [-0.3, -0.25) is 0 Å². The molecule has 120 valence electrons. The minimum Gasteiger partial charge on any atom is -0.477 e. The van der Waals surface area contributed by atoms with Crippen molar-refractivity contribution in [1.29, 1.82) is 0 Å². The van der Waals surface area contributed by atoms with Crippen molar-refractivity contribution in [2.45, 2.75) is 6.92 Å². The number of amides is 1. The Hall–Kier alpha value is -1.80. The molecule has 0 aliphatic rings. The highest BCUT2D eigenvalue weighted by Gasteiger charge is 2.13. The van der Waals surface area contributed by atoms with Crippen molar-refractivity contribution >= 4 is 35.9 Å². The molecule has 0 heterocycles. The van der Waals surface area contributed by atoms with Crippen LogP contribution in [-0.4, -0.2) is 36.2 Å². The Labute approximate surface area is 139 Å². The molecule has 0 atom stereocenters. The molecule has 0 radical (unpaired) electrons. The molecule has 1 aromatic rings. The predicted octanol–water partition coefficient (Wildman–Crippen LogP) is 3.44. The van der Waals surface area contributed by atoms with Crippen molar-refractivity contribution in [2.24, 2.45) is 4.40 Å². The molecule has 22 heavy (non-hydrogen) atoms. The standard InChI is InChI=1S/C14H19N3O3S2/c1-5-19-13(12-9-7-6-8-10-12)16-22-17(3)14(18)20-15-11(2)21-4/h6-10,15H,2,5H2,1,3-4H3. The van der Waals surface area contributed by atoms with Gasteiger partial charge in [0.2, 0.25) is 5.90 Å². The average Bonchev–Trinajstić information content (AvgIpc) is 2.56. The van der Waals surface area contributed by atoms with Gasteiger partial charge in [0.25, 0.3) is 0 Å². The van der Waals surface area contributed by atoms with Crippen molar-refractivity contribution in [3.8, 4) is 0 Å². The number of hydrogen-bond donors (Lipinski definition) is 1. The third kappa shape index (κ3) is 6.31. The van der Waals surface area contributed by atoms with Gasteiger partial charge >= 0.3 is 6.09 Å². The van der Waals surface area contributed by atoms with Gasteiger partial charge < -0.3 is 9.57 Å². The molecule has 6 nitrogen and oxygen atoms in total. The van der Waals surface area contributed by atoms with Crippen LogP contribution in [0.1, 0.15) is 12.5 Å². The third-order valence-corrected chi connectivity index (χ3v) is 3.52. The smallest absolute Gasteiger partial charge is 0.445 e. The van der Waals surface area contributed by atoms with Gasteiger partial charge in [-0.05, 0) is 25.3 Å². The van der Waals surface area contributed by atoms with E-state index in [-0.39, 0.29) is 0 Å². The molecule has 0 unspecified atom stereocenters. The van der Waals surface area contributed by atoms with Gasteiger partial charge in [-0.1, -0.05) is 24.8 Å². The van der Waals surface area contributed by atoms with Crippen LogP contribution in [-0.2, 0) is 9.57 Å². The van der Waals surface area contributed by atoms with E-state index in [1.807, 2.05) is 43.5 Å². The van der Waals surface area contributed by atoms with Gasteiger partial charge in [0.15, 0.2) is 0 Å². The number of carbonyl (C=O) groups is 1. The van der Waals surface area contributed by atoms with Crippen molar-refractivity contribution in [3.63, 3.8) is 0 Å². The number of hydrogen-bond acceptors (Lipinski definition) is 7. The van der Waals surface area contributed by atoms with E-state index in [2.05, 4.69) is 16.5 Å². The molecule has 0 saturated heterocycles. The van der Waals surface area contributed by atoms with Gasteiger partial charge in [0.1, 0.15) is 12.1 Å². The van der Waals surface area contributed by atoms with E-state index in [1.165, 1.54) is 16.1 Å². The molecular formula is C14H19N3O3S2. The zero-order valence-corrected chi connectivity index (χ0v) is 14.4. The maximum Gasteiger partial charge on any atom is 0.445 e. The van der Waals surface area contributed by atoms with Crippen LogP contribution in [0.2, 0.25) is 0 Å². The summed E-state index contributed by atoms with van der Waals surface area (Å²) in [6.45, 7) is 6.00. The van der Waals surface area contributed by atoms with Crippen molar-refractivity contribution in [1.82, 2.24) is 9.79 Å². The summed E-state index contributed by atoms with van der Waals surface area (Å²) in [4.78, 5) is 16.6. The van der Waals surface area contributed by atoms with Gasteiger partial charge in [-0.2, -0.15) is 4.40 Å². The summed E-state index contributed by atoms with van der Waals surface area (Å²) in [6, 6.07) is 9.47. The first-order chi connectivity index (χ1) is 10.6. The lowest BCUT2D eigenvalue weighted by molar-refractivity contribution is 0.0974. The van der Waals surface area contributed by atoms with Gasteiger partial charge in [0, 0.05) is 12.6 Å². The number of carbonyl (C=O) groups excluding carboxylic acids is 1. The Bertz CT molecular complexity index is 523. The van der Waals surface area contributed by atoms with Gasteiger partial charge in [0.05, 0.1) is 11.6 Å². The highest BCUT2D eigenvalue weighted by molar-refractivity contribution is 8.02. The summed E-state index contributed by atoms with van der Waals surface area (Å²) >= 11 is 2.28. The van der Waals surface area contributed by atoms with E-state index in [0.29, 0.717) is 17.5 Å². The molecule has 0 aliphatic carbocycles. The number of nitrogens with one attached hydrogen (secondary N) is 1. The maximum atomic E-state index is 11.7. The number of thioether (sulfide) groups is 1. The van der Waals surface area contributed by atoms with E-state index < -0.39 is 6.09 Å². The van der Waals surface area contributed by atoms with E-state index in [9.17, 15) is 4.79 Å². The van der Waals surface area contributed by atoms with Crippen molar-refractivity contribution in [2.75, 3.05) is 19.9 Å². The number of hydroxylamine groups is 1. The minimum atomic E-state index is -0.590. The number of ether oxygens (including phenoxy) is 1. The zero-order chi connectivity index (χ0) is 16.4. The normalized spacial score (nSPS) is 10.8. The monoisotopic (exact) mass is 341 g/mol. The minimum absolute atomic E-state index is 0.453. The summed E-state index contributed by atoms with van der Waals surface area (Å²) < 4.78 is 11.0. The first kappa shape index (κ1) is 18.2.